The molecule has 5 nitrogen and oxygen atoms in total. The first-order chi connectivity index (χ1) is 11.9. The molecule has 1 N–H and O–H groups in total. The number of nitrogens with zero attached hydrogens (tertiary/aromatic N) is 3. The van der Waals surface area contributed by atoms with E-state index < -0.39 is 0 Å². The topological polar surface area (TPSA) is 58.1 Å². The van der Waals surface area contributed by atoms with Crippen LogP contribution in [0.1, 0.15) is 54.1 Å². The highest BCUT2D eigenvalue weighted by Crippen LogP contribution is 2.21. The van der Waals surface area contributed by atoms with Crippen LogP contribution in [0.15, 0.2) is 24.3 Å². The molecule has 0 radical (unpaired) electrons. The highest BCUT2D eigenvalue weighted by atomic mass is 16.2. The van der Waals surface area contributed by atoms with Gasteiger partial charge < -0.3 is 10.2 Å². The molecule has 2 rings (SSSR count). The van der Waals surface area contributed by atoms with E-state index in [9.17, 15) is 4.79 Å². The van der Waals surface area contributed by atoms with Crippen LogP contribution in [0.2, 0.25) is 0 Å². The van der Waals surface area contributed by atoms with Crippen LogP contribution in [0, 0.1) is 20.8 Å². The number of nitrogens with one attached hydrogen (secondary N) is 1. The van der Waals surface area contributed by atoms with Crippen molar-refractivity contribution in [3.05, 3.63) is 46.9 Å². The number of carbonyl (C=O) groups excluding carboxylic acids is 1. The van der Waals surface area contributed by atoms with Gasteiger partial charge in [0.25, 0.3) is 5.91 Å². The molecule has 0 saturated heterocycles. The summed E-state index contributed by atoms with van der Waals surface area (Å²) in [6, 6.07) is 7.97. The minimum absolute atomic E-state index is 0.0294. The molecule has 0 saturated carbocycles. The van der Waals surface area contributed by atoms with Gasteiger partial charge in [-0.05, 0) is 50.8 Å². The van der Waals surface area contributed by atoms with Crippen molar-refractivity contribution in [1.82, 2.24) is 14.9 Å². The number of anilines is 2. The highest BCUT2D eigenvalue weighted by molar-refractivity contribution is 5.93. The van der Waals surface area contributed by atoms with E-state index in [1.165, 1.54) is 5.56 Å². The predicted octanol–water partition coefficient (Wildman–Crippen LogP) is 4.41. The maximum atomic E-state index is 12.8. The normalized spacial score (nSPS) is 10.6. The number of hydrogen-bond acceptors (Lipinski definition) is 4. The Morgan fingerprint density at radius 1 is 1.04 bits per heavy atom. The average Bonchev–Trinajstić information content (AvgIpc) is 2.57. The summed E-state index contributed by atoms with van der Waals surface area (Å²) >= 11 is 0. The standard InChI is InChI=1S/C20H28N4O/c1-6-10-24(11-7-2)20(25)18-13-19(22-16(5)21-18)23-17-12-14(3)8-9-15(17)4/h8-9,12-13H,6-7,10-11H2,1-5H3,(H,21,22,23). The Bertz CT molecular complexity index is 736. The van der Waals surface area contributed by atoms with Crippen LogP contribution in [-0.4, -0.2) is 33.9 Å². The maximum absolute atomic E-state index is 12.8. The monoisotopic (exact) mass is 340 g/mol. The third-order valence-electron chi connectivity index (χ3n) is 3.99. The molecular formula is C20H28N4O. The maximum Gasteiger partial charge on any atom is 0.272 e. The molecule has 1 heterocycles. The molecule has 134 valence electrons. The van der Waals surface area contributed by atoms with Crippen LogP contribution >= 0.6 is 0 Å². The van der Waals surface area contributed by atoms with E-state index in [1.807, 2.05) is 18.7 Å². The van der Waals surface area contributed by atoms with Crippen LogP contribution in [0.5, 0.6) is 0 Å². The van der Waals surface area contributed by atoms with E-state index in [1.54, 1.807) is 6.07 Å². The van der Waals surface area contributed by atoms with Crippen molar-refractivity contribution in [2.24, 2.45) is 0 Å². The zero-order valence-electron chi connectivity index (χ0n) is 15.9. The number of aromatic nitrogens is 2. The Balaban J connectivity index is 2.30. The van der Waals surface area contributed by atoms with Gasteiger partial charge >= 0.3 is 0 Å². The van der Waals surface area contributed by atoms with Crippen molar-refractivity contribution >= 4 is 17.4 Å². The second-order valence-electron chi connectivity index (χ2n) is 6.42. The minimum atomic E-state index is -0.0294. The first-order valence-corrected chi connectivity index (χ1v) is 8.93. The number of benzene rings is 1. The number of rotatable bonds is 7. The molecule has 0 unspecified atom stereocenters. The van der Waals surface area contributed by atoms with Gasteiger partial charge in [0, 0.05) is 24.8 Å². The van der Waals surface area contributed by atoms with E-state index in [0.29, 0.717) is 17.3 Å². The van der Waals surface area contributed by atoms with E-state index in [-0.39, 0.29) is 5.91 Å². The predicted molar refractivity (Wildman–Crippen MR) is 102 cm³/mol. The van der Waals surface area contributed by atoms with Gasteiger partial charge in [0.05, 0.1) is 0 Å². The molecule has 0 aliphatic carbocycles. The molecule has 1 aromatic carbocycles. The van der Waals surface area contributed by atoms with Crippen molar-refractivity contribution in [2.75, 3.05) is 18.4 Å². The Morgan fingerprint density at radius 2 is 1.72 bits per heavy atom. The molecule has 2 aromatic rings. The van der Waals surface area contributed by atoms with E-state index in [2.05, 4.69) is 54.3 Å². The fourth-order valence-corrected chi connectivity index (χ4v) is 2.77. The molecule has 0 fully saturated rings. The lowest BCUT2D eigenvalue weighted by Crippen LogP contribution is -2.33. The molecule has 0 spiro atoms. The minimum Gasteiger partial charge on any atom is -0.340 e. The van der Waals surface area contributed by atoms with Crippen LogP contribution in [0.4, 0.5) is 11.5 Å². The Kier molecular flexibility index (Phi) is 6.51. The molecule has 0 aliphatic heterocycles. The van der Waals surface area contributed by atoms with E-state index in [4.69, 9.17) is 0 Å². The summed E-state index contributed by atoms with van der Waals surface area (Å²) < 4.78 is 0. The lowest BCUT2D eigenvalue weighted by atomic mass is 10.1. The van der Waals surface area contributed by atoms with Crippen LogP contribution in [0.3, 0.4) is 0 Å². The summed E-state index contributed by atoms with van der Waals surface area (Å²) in [6.07, 6.45) is 1.87. The van der Waals surface area contributed by atoms with Gasteiger partial charge in [-0.15, -0.1) is 0 Å². The quantitative estimate of drug-likeness (QED) is 0.811. The molecule has 0 bridgehead atoms. The largest absolute Gasteiger partial charge is 0.340 e. The summed E-state index contributed by atoms with van der Waals surface area (Å²) in [5.74, 6) is 1.21. The number of aryl methyl sites for hydroxylation is 3. The summed E-state index contributed by atoms with van der Waals surface area (Å²) in [4.78, 5) is 23.5. The molecule has 1 amide bonds. The average molecular weight is 340 g/mol. The Morgan fingerprint density at radius 3 is 2.36 bits per heavy atom. The lowest BCUT2D eigenvalue weighted by molar-refractivity contribution is 0.0749. The molecule has 0 atom stereocenters. The van der Waals surface area contributed by atoms with Gasteiger partial charge in [-0.1, -0.05) is 26.0 Å². The second-order valence-corrected chi connectivity index (χ2v) is 6.42. The molecular weight excluding hydrogens is 312 g/mol. The van der Waals surface area contributed by atoms with Gasteiger partial charge in [0.2, 0.25) is 0 Å². The fourth-order valence-electron chi connectivity index (χ4n) is 2.77. The Labute approximate surface area is 150 Å². The first kappa shape index (κ1) is 18.9. The van der Waals surface area contributed by atoms with Crippen molar-refractivity contribution in [3.8, 4) is 0 Å². The van der Waals surface area contributed by atoms with Gasteiger partial charge in [-0.3, -0.25) is 4.79 Å². The van der Waals surface area contributed by atoms with Gasteiger partial charge in [-0.25, -0.2) is 9.97 Å². The van der Waals surface area contributed by atoms with E-state index >= 15 is 0 Å². The van der Waals surface area contributed by atoms with Crippen LogP contribution in [-0.2, 0) is 0 Å². The summed E-state index contributed by atoms with van der Waals surface area (Å²) in [6.45, 7) is 11.6. The summed E-state index contributed by atoms with van der Waals surface area (Å²) in [5, 5.41) is 3.33. The number of amides is 1. The zero-order chi connectivity index (χ0) is 18.4. The van der Waals surface area contributed by atoms with Gasteiger partial charge in [-0.2, -0.15) is 0 Å². The van der Waals surface area contributed by atoms with Crippen molar-refractivity contribution in [2.45, 2.75) is 47.5 Å². The fraction of sp³-hybridized carbons (Fsp3) is 0.450. The highest BCUT2D eigenvalue weighted by Gasteiger charge is 2.17. The molecule has 25 heavy (non-hydrogen) atoms. The number of carbonyl (C=O) groups is 1. The molecule has 1 aromatic heterocycles. The molecule has 0 aliphatic rings. The third-order valence-corrected chi connectivity index (χ3v) is 3.99. The summed E-state index contributed by atoms with van der Waals surface area (Å²) in [7, 11) is 0. The van der Waals surface area contributed by atoms with Crippen LogP contribution in [0.25, 0.3) is 0 Å². The lowest BCUT2D eigenvalue weighted by Gasteiger charge is -2.21. The zero-order valence-corrected chi connectivity index (χ0v) is 15.9. The third kappa shape index (κ3) is 5.02. The van der Waals surface area contributed by atoms with Crippen molar-refractivity contribution in [1.29, 1.82) is 0 Å². The first-order valence-electron chi connectivity index (χ1n) is 8.93. The van der Waals surface area contributed by atoms with Crippen molar-refractivity contribution in [3.63, 3.8) is 0 Å². The second kappa shape index (κ2) is 8.60. The van der Waals surface area contributed by atoms with Crippen LogP contribution < -0.4 is 5.32 Å². The SMILES string of the molecule is CCCN(CCC)C(=O)c1cc(Nc2cc(C)ccc2C)nc(C)n1. The summed E-state index contributed by atoms with van der Waals surface area (Å²) in [5.41, 5.74) is 3.75. The Hall–Kier alpha value is -2.43. The van der Waals surface area contributed by atoms with E-state index in [0.717, 1.165) is 37.2 Å². The van der Waals surface area contributed by atoms with Gasteiger partial charge in [0.15, 0.2) is 0 Å². The van der Waals surface area contributed by atoms with Gasteiger partial charge in [0.1, 0.15) is 17.3 Å². The smallest absolute Gasteiger partial charge is 0.272 e. The van der Waals surface area contributed by atoms with Crippen molar-refractivity contribution < 1.29 is 4.79 Å². The number of hydrogen-bond donors (Lipinski definition) is 1. The molecule has 5 heteroatoms.